The first-order valence-corrected chi connectivity index (χ1v) is 7.70. The average Bonchev–Trinajstić information content (AvgIpc) is 2.87. The fourth-order valence-electron chi connectivity index (χ4n) is 2.40. The summed E-state index contributed by atoms with van der Waals surface area (Å²) in [5, 5.41) is 17.8. The molecule has 2 rings (SSSR count). The van der Waals surface area contributed by atoms with Crippen molar-refractivity contribution < 1.29 is 14.5 Å². The standard InChI is InChI=1S/C17H20N4O4/c1-12-17(21(23)24)13(2)20(19-12)11-10-18-16(22)9-6-14-4-7-15(25-3)8-5-14/h4-9H,10-11H2,1-3H3,(H,18,22)/b9-6+. The minimum atomic E-state index is -0.440. The molecular formula is C17H20N4O4. The van der Waals surface area contributed by atoms with Gasteiger partial charge >= 0.3 is 5.69 Å². The minimum Gasteiger partial charge on any atom is -0.497 e. The highest BCUT2D eigenvalue weighted by atomic mass is 16.6. The molecule has 0 saturated carbocycles. The van der Waals surface area contributed by atoms with Crippen LogP contribution >= 0.6 is 0 Å². The summed E-state index contributed by atoms with van der Waals surface area (Å²) in [7, 11) is 1.59. The molecule has 8 nitrogen and oxygen atoms in total. The molecule has 132 valence electrons. The van der Waals surface area contributed by atoms with Crippen LogP contribution in [0.3, 0.4) is 0 Å². The van der Waals surface area contributed by atoms with E-state index < -0.39 is 4.92 Å². The molecule has 0 radical (unpaired) electrons. The zero-order valence-corrected chi connectivity index (χ0v) is 14.4. The quantitative estimate of drug-likeness (QED) is 0.472. The van der Waals surface area contributed by atoms with Crippen LogP contribution in [0.15, 0.2) is 30.3 Å². The van der Waals surface area contributed by atoms with Gasteiger partial charge in [0, 0.05) is 12.6 Å². The Morgan fingerprint density at radius 1 is 1.36 bits per heavy atom. The van der Waals surface area contributed by atoms with Gasteiger partial charge in [-0.15, -0.1) is 0 Å². The second kappa shape index (κ2) is 8.09. The zero-order chi connectivity index (χ0) is 18.4. The minimum absolute atomic E-state index is 0.0192. The van der Waals surface area contributed by atoms with Gasteiger partial charge in [-0.2, -0.15) is 5.10 Å². The van der Waals surface area contributed by atoms with Gasteiger partial charge in [0.2, 0.25) is 5.91 Å². The van der Waals surface area contributed by atoms with Gasteiger partial charge in [-0.05, 0) is 37.6 Å². The van der Waals surface area contributed by atoms with E-state index in [2.05, 4.69) is 10.4 Å². The molecule has 1 N–H and O–H groups in total. The zero-order valence-electron chi connectivity index (χ0n) is 14.4. The van der Waals surface area contributed by atoms with E-state index in [0.29, 0.717) is 24.5 Å². The van der Waals surface area contributed by atoms with Gasteiger partial charge < -0.3 is 10.1 Å². The van der Waals surface area contributed by atoms with E-state index in [4.69, 9.17) is 4.74 Å². The van der Waals surface area contributed by atoms with Crippen LogP contribution in [0.25, 0.3) is 6.08 Å². The third-order valence-corrected chi connectivity index (χ3v) is 3.69. The monoisotopic (exact) mass is 344 g/mol. The maximum absolute atomic E-state index is 11.8. The fraction of sp³-hybridized carbons (Fsp3) is 0.294. The molecule has 1 amide bonds. The van der Waals surface area contributed by atoms with E-state index in [-0.39, 0.29) is 11.6 Å². The predicted octanol–water partition coefficient (Wildman–Crippen LogP) is 2.25. The lowest BCUT2D eigenvalue weighted by atomic mass is 10.2. The SMILES string of the molecule is COc1ccc(/C=C/C(=O)NCCn2nc(C)c([N+](=O)[O-])c2C)cc1. The number of hydrogen-bond acceptors (Lipinski definition) is 5. The predicted molar refractivity (Wildman–Crippen MR) is 93.4 cm³/mol. The molecule has 0 fully saturated rings. The van der Waals surface area contributed by atoms with Crippen molar-refractivity contribution in [3.63, 3.8) is 0 Å². The smallest absolute Gasteiger partial charge is 0.312 e. The number of amides is 1. The molecule has 0 bridgehead atoms. The van der Waals surface area contributed by atoms with Crippen molar-refractivity contribution in [2.45, 2.75) is 20.4 Å². The third-order valence-electron chi connectivity index (χ3n) is 3.69. The number of carbonyl (C=O) groups excluding carboxylic acids is 1. The number of nitrogens with zero attached hydrogens (tertiary/aromatic N) is 3. The first kappa shape index (κ1) is 18.2. The lowest BCUT2D eigenvalue weighted by Gasteiger charge is -2.04. The molecule has 0 atom stereocenters. The number of rotatable bonds is 7. The van der Waals surface area contributed by atoms with Crippen LogP contribution in [0.4, 0.5) is 5.69 Å². The number of ether oxygens (including phenoxy) is 1. The number of aryl methyl sites for hydroxylation is 1. The molecule has 0 aliphatic rings. The summed E-state index contributed by atoms with van der Waals surface area (Å²) in [4.78, 5) is 22.4. The third kappa shape index (κ3) is 4.66. The van der Waals surface area contributed by atoms with E-state index in [0.717, 1.165) is 11.3 Å². The van der Waals surface area contributed by atoms with E-state index in [1.54, 1.807) is 27.0 Å². The van der Waals surface area contributed by atoms with Crippen LogP contribution in [0.5, 0.6) is 5.75 Å². The highest BCUT2D eigenvalue weighted by Crippen LogP contribution is 2.21. The molecule has 0 aliphatic carbocycles. The molecular weight excluding hydrogens is 324 g/mol. The lowest BCUT2D eigenvalue weighted by molar-refractivity contribution is -0.386. The first-order valence-electron chi connectivity index (χ1n) is 7.70. The number of aromatic nitrogens is 2. The Labute approximate surface area is 145 Å². The van der Waals surface area contributed by atoms with Crippen molar-refractivity contribution >= 4 is 17.7 Å². The Morgan fingerprint density at radius 3 is 2.60 bits per heavy atom. The van der Waals surface area contributed by atoms with Gasteiger partial charge in [0.15, 0.2) is 0 Å². The van der Waals surface area contributed by atoms with Crippen LogP contribution in [0.1, 0.15) is 17.0 Å². The Hall–Kier alpha value is -3.16. The van der Waals surface area contributed by atoms with Crippen molar-refractivity contribution in [1.29, 1.82) is 0 Å². The van der Waals surface area contributed by atoms with Crippen LogP contribution in [0.2, 0.25) is 0 Å². The van der Waals surface area contributed by atoms with Gasteiger partial charge in [0.25, 0.3) is 0 Å². The van der Waals surface area contributed by atoms with E-state index in [1.165, 1.54) is 10.8 Å². The number of nitro groups is 1. The molecule has 0 aliphatic heterocycles. The van der Waals surface area contributed by atoms with Crippen LogP contribution < -0.4 is 10.1 Å². The van der Waals surface area contributed by atoms with Crippen molar-refractivity contribution in [2.24, 2.45) is 0 Å². The van der Waals surface area contributed by atoms with E-state index in [9.17, 15) is 14.9 Å². The van der Waals surface area contributed by atoms with Crippen molar-refractivity contribution in [2.75, 3.05) is 13.7 Å². The first-order chi connectivity index (χ1) is 11.9. The van der Waals surface area contributed by atoms with E-state index >= 15 is 0 Å². The molecule has 1 aromatic heterocycles. The number of methoxy groups -OCH3 is 1. The highest BCUT2D eigenvalue weighted by molar-refractivity contribution is 5.91. The van der Waals surface area contributed by atoms with Gasteiger partial charge in [0.1, 0.15) is 17.1 Å². The molecule has 0 spiro atoms. The summed E-state index contributed by atoms with van der Waals surface area (Å²) in [5.41, 5.74) is 1.75. The van der Waals surface area contributed by atoms with Crippen LogP contribution in [-0.4, -0.2) is 34.3 Å². The van der Waals surface area contributed by atoms with Crippen molar-refractivity contribution in [3.05, 3.63) is 57.4 Å². The van der Waals surface area contributed by atoms with E-state index in [1.807, 2.05) is 24.3 Å². The Morgan fingerprint density at radius 2 is 2.04 bits per heavy atom. The lowest BCUT2D eigenvalue weighted by Crippen LogP contribution is -2.26. The number of nitrogens with one attached hydrogen (secondary N) is 1. The summed E-state index contributed by atoms with van der Waals surface area (Å²) < 4.78 is 6.60. The largest absolute Gasteiger partial charge is 0.497 e. The molecule has 1 heterocycles. The van der Waals surface area contributed by atoms with Gasteiger partial charge in [-0.1, -0.05) is 12.1 Å². The number of hydrogen-bond donors (Lipinski definition) is 1. The normalized spacial score (nSPS) is 10.8. The van der Waals surface area contributed by atoms with Crippen molar-refractivity contribution in [1.82, 2.24) is 15.1 Å². The summed E-state index contributed by atoms with van der Waals surface area (Å²) in [6.45, 7) is 3.93. The summed E-state index contributed by atoms with van der Waals surface area (Å²) in [5.74, 6) is 0.507. The molecule has 25 heavy (non-hydrogen) atoms. The fourth-order valence-corrected chi connectivity index (χ4v) is 2.40. The average molecular weight is 344 g/mol. The van der Waals surface area contributed by atoms with Gasteiger partial charge in [-0.3, -0.25) is 19.6 Å². The number of benzene rings is 1. The topological polar surface area (TPSA) is 99.3 Å². The second-order valence-corrected chi connectivity index (χ2v) is 5.40. The summed E-state index contributed by atoms with van der Waals surface area (Å²) >= 11 is 0. The van der Waals surface area contributed by atoms with Gasteiger partial charge in [-0.25, -0.2) is 0 Å². The Bertz CT molecular complexity index is 794. The maximum Gasteiger partial charge on any atom is 0.312 e. The van der Waals surface area contributed by atoms with Crippen LogP contribution in [-0.2, 0) is 11.3 Å². The maximum atomic E-state index is 11.8. The highest BCUT2D eigenvalue weighted by Gasteiger charge is 2.21. The molecule has 1 aromatic carbocycles. The Kier molecular flexibility index (Phi) is 5.89. The Balaban J connectivity index is 1.87. The van der Waals surface area contributed by atoms with Crippen LogP contribution in [0, 0.1) is 24.0 Å². The van der Waals surface area contributed by atoms with Gasteiger partial charge in [0.05, 0.1) is 18.6 Å². The molecule has 2 aromatic rings. The summed E-state index contributed by atoms with van der Waals surface area (Å²) in [6.07, 6.45) is 3.13. The number of carbonyl (C=O) groups is 1. The summed E-state index contributed by atoms with van der Waals surface area (Å²) in [6, 6.07) is 7.32. The second-order valence-electron chi connectivity index (χ2n) is 5.40. The molecule has 8 heteroatoms. The van der Waals surface area contributed by atoms with Crippen molar-refractivity contribution in [3.8, 4) is 5.75 Å². The molecule has 0 saturated heterocycles. The molecule has 0 unspecified atom stereocenters.